The first-order valence-corrected chi connectivity index (χ1v) is 8.63. The summed E-state index contributed by atoms with van der Waals surface area (Å²) >= 11 is 0. The summed E-state index contributed by atoms with van der Waals surface area (Å²) in [6, 6.07) is 8.31. The molecule has 2 aliphatic rings. The molecule has 0 heterocycles. The van der Waals surface area contributed by atoms with Crippen LogP contribution in [0.15, 0.2) is 24.3 Å². The maximum Gasteiger partial charge on any atom is 0.224 e. The van der Waals surface area contributed by atoms with Gasteiger partial charge in [-0.1, -0.05) is 18.6 Å². The predicted octanol–water partition coefficient (Wildman–Crippen LogP) is 3.56. The van der Waals surface area contributed by atoms with E-state index in [0.717, 1.165) is 30.5 Å². The average molecular weight is 300 g/mol. The summed E-state index contributed by atoms with van der Waals surface area (Å²) < 4.78 is 0. The summed E-state index contributed by atoms with van der Waals surface area (Å²) in [5.74, 6) is 2.57. The van der Waals surface area contributed by atoms with Crippen LogP contribution in [0.4, 0.5) is 5.69 Å². The van der Waals surface area contributed by atoms with Gasteiger partial charge >= 0.3 is 0 Å². The van der Waals surface area contributed by atoms with E-state index in [9.17, 15) is 4.79 Å². The Hall–Kier alpha value is -1.35. The van der Waals surface area contributed by atoms with Gasteiger partial charge in [-0.2, -0.15) is 0 Å². The average Bonchev–Trinajstić information content (AvgIpc) is 3.09. The number of benzene rings is 1. The summed E-state index contributed by atoms with van der Waals surface area (Å²) in [6.45, 7) is 1.05. The van der Waals surface area contributed by atoms with Gasteiger partial charge in [0, 0.05) is 18.7 Å². The predicted molar refractivity (Wildman–Crippen MR) is 90.9 cm³/mol. The Morgan fingerprint density at radius 1 is 1.18 bits per heavy atom. The number of amides is 1. The van der Waals surface area contributed by atoms with Crippen molar-refractivity contribution in [3.63, 3.8) is 0 Å². The van der Waals surface area contributed by atoms with Crippen molar-refractivity contribution < 1.29 is 4.79 Å². The molecular formula is C19H28N2O. The third kappa shape index (κ3) is 3.89. The largest absolute Gasteiger partial charge is 0.326 e. The van der Waals surface area contributed by atoms with Gasteiger partial charge in [-0.15, -0.1) is 0 Å². The summed E-state index contributed by atoms with van der Waals surface area (Å²) in [7, 11) is 4.18. The van der Waals surface area contributed by atoms with E-state index in [-0.39, 0.29) is 5.91 Å². The Kier molecular flexibility index (Phi) is 4.82. The summed E-state index contributed by atoms with van der Waals surface area (Å²) in [5, 5.41) is 3.07. The van der Waals surface area contributed by atoms with Gasteiger partial charge in [-0.25, -0.2) is 0 Å². The molecule has 22 heavy (non-hydrogen) atoms. The van der Waals surface area contributed by atoms with Gasteiger partial charge in [-0.05, 0) is 75.2 Å². The van der Waals surface area contributed by atoms with Crippen LogP contribution in [0.2, 0.25) is 0 Å². The van der Waals surface area contributed by atoms with Crippen molar-refractivity contribution in [3.05, 3.63) is 29.8 Å². The molecule has 2 saturated carbocycles. The van der Waals surface area contributed by atoms with E-state index >= 15 is 0 Å². The van der Waals surface area contributed by atoms with E-state index in [0.29, 0.717) is 12.3 Å². The molecule has 3 nitrogen and oxygen atoms in total. The Labute approximate surface area is 134 Å². The number of nitrogens with zero attached hydrogens (tertiary/aromatic N) is 1. The van der Waals surface area contributed by atoms with Crippen molar-refractivity contribution in [1.29, 1.82) is 0 Å². The lowest BCUT2D eigenvalue weighted by molar-refractivity contribution is -0.117. The highest BCUT2D eigenvalue weighted by molar-refractivity contribution is 5.90. The van der Waals surface area contributed by atoms with Crippen LogP contribution in [0, 0.1) is 17.8 Å². The summed E-state index contributed by atoms with van der Waals surface area (Å²) in [5.41, 5.74) is 2.25. The first kappa shape index (κ1) is 15.5. The molecule has 0 aliphatic heterocycles. The highest BCUT2D eigenvalue weighted by Crippen LogP contribution is 2.49. The van der Waals surface area contributed by atoms with E-state index in [1.807, 2.05) is 12.1 Å². The van der Waals surface area contributed by atoms with Crippen LogP contribution in [0.25, 0.3) is 0 Å². The lowest BCUT2D eigenvalue weighted by Gasteiger charge is -2.20. The van der Waals surface area contributed by atoms with E-state index in [1.165, 1.54) is 31.2 Å². The zero-order valence-electron chi connectivity index (χ0n) is 13.8. The Morgan fingerprint density at radius 3 is 2.55 bits per heavy atom. The smallest absolute Gasteiger partial charge is 0.224 e. The standard InChI is InChI=1S/C19H28N2O/c1-21(2)10-9-14-4-7-18(8-5-14)20-19(22)13-17-12-15-3-6-16(17)11-15/h4-5,7-8,15-17H,3,6,9-13H2,1-2H3,(H,20,22). The molecule has 0 saturated heterocycles. The second kappa shape index (κ2) is 6.82. The number of likely N-dealkylation sites (N-methyl/N-ethyl adjacent to an activating group) is 1. The summed E-state index contributed by atoms with van der Waals surface area (Å²) in [4.78, 5) is 14.4. The van der Waals surface area contributed by atoms with Crippen LogP contribution < -0.4 is 5.32 Å². The molecule has 2 aliphatic carbocycles. The van der Waals surface area contributed by atoms with Crippen LogP contribution in [0.3, 0.4) is 0 Å². The number of nitrogens with one attached hydrogen (secondary N) is 1. The minimum absolute atomic E-state index is 0.193. The Bertz CT molecular complexity index is 509. The number of anilines is 1. The highest BCUT2D eigenvalue weighted by atomic mass is 16.1. The third-order valence-corrected chi connectivity index (χ3v) is 5.42. The van der Waals surface area contributed by atoms with Crippen LogP contribution >= 0.6 is 0 Å². The Balaban J connectivity index is 1.47. The lowest BCUT2D eigenvalue weighted by Crippen LogP contribution is -2.20. The molecule has 0 radical (unpaired) electrons. The van der Waals surface area contributed by atoms with Gasteiger partial charge in [-0.3, -0.25) is 4.79 Å². The normalized spacial score (nSPS) is 26.6. The zero-order valence-corrected chi connectivity index (χ0v) is 13.8. The molecule has 1 amide bonds. The van der Waals surface area contributed by atoms with Crippen molar-refractivity contribution in [3.8, 4) is 0 Å². The molecule has 3 unspecified atom stereocenters. The fourth-order valence-corrected chi connectivity index (χ4v) is 4.18. The van der Waals surface area contributed by atoms with Crippen LogP contribution in [-0.4, -0.2) is 31.4 Å². The third-order valence-electron chi connectivity index (χ3n) is 5.42. The van der Waals surface area contributed by atoms with Crippen molar-refractivity contribution in [2.75, 3.05) is 26.0 Å². The molecule has 1 aromatic carbocycles. The van der Waals surface area contributed by atoms with Crippen LogP contribution in [0.5, 0.6) is 0 Å². The van der Waals surface area contributed by atoms with E-state index < -0.39 is 0 Å². The van der Waals surface area contributed by atoms with Gasteiger partial charge in [0.25, 0.3) is 0 Å². The zero-order chi connectivity index (χ0) is 15.5. The van der Waals surface area contributed by atoms with Gasteiger partial charge in [0.05, 0.1) is 0 Å². The summed E-state index contributed by atoms with van der Waals surface area (Å²) in [6.07, 6.45) is 7.16. The van der Waals surface area contributed by atoms with Gasteiger partial charge in [0.15, 0.2) is 0 Å². The number of carbonyl (C=O) groups is 1. The van der Waals surface area contributed by atoms with Crippen molar-refractivity contribution in [1.82, 2.24) is 4.90 Å². The molecule has 0 spiro atoms. The molecular weight excluding hydrogens is 272 g/mol. The number of hydrogen-bond acceptors (Lipinski definition) is 2. The topological polar surface area (TPSA) is 32.3 Å². The monoisotopic (exact) mass is 300 g/mol. The number of rotatable bonds is 6. The molecule has 3 heteroatoms. The molecule has 3 rings (SSSR count). The number of carbonyl (C=O) groups excluding carboxylic acids is 1. The molecule has 0 aromatic heterocycles. The molecule has 120 valence electrons. The fourth-order valence-electron chi connectivity index (χ4n) is 4.18. The van der Waals surface area contributed by atoms with Crippen LogP contribution in [0.1, 0.15) is 37.7 Å². The first-order chi connectivity index (χ1) is 10.6. The maximum atomic E-state index is 12.2. The van der Waals surface area contributed by atoms with Crippen LogP contribution in [-0.2, 0) is 11.2 Å². The lowest BCUT2D eigenvalue weighted by atomic mass is 9.86. The highest BCUT2D eigenvalue weighted by Gasteiger charge is 2.40. The number of fused-ring (bicyclic) bond motifs is 2. The molecule has 2 bridgehead atoms. The Morgan fingerprint density at radius 2 is 1.95 bits per heavy atom. The SMILES string of the molecule is CN(C)CCc1ccc(NC(=O)CC2CC3CCC2C3)cc1. The maximum absolute atomic E-state index is 12.2. The fraction of sp³-hybridized carbons (Fsp3) is 0.632. The molecule has 1 N–H and O–H groups in total. The molecule has 1 aromatic rings. The molecule has 2 fully saturated rings. The second-order valence-corrected chi connectivity index (χ2v) is 7.44. The van der Waals surface area contributed by atoms with Gasteiger partial charge < -0.3 is 10.2 Å². The van der Waals surface area contributed by atoms with Crippen molar-refractivity contribution in [2.24, 2.45) is 17.8 Å². The van der Waals surface area contributed by atoms with Crippen molar-refractivity contribution in [2.45, 2.75) is 38.5 Å². The van der Waals surface area contributed by atoms with E-state index in [1.54, 1.807) is 0 Å². The number of hydrogen-bond donors (Lipinski definition) is 1. The van der Waals surface area contributed by atoms with E-state index in [4.69, 9.17) is 0 Å². The first-order valence-electron chi connectivity index (χ1n) is 8.63. The minimum Gasteiger partial charge on any atom is -0.326 e. The quantitative estimate of drug-likeness (QED) is 0.871. The van der Waals surface area contributed by atoms with Crippen molar-refractivity contribution >= 4 is 11.6 Å². The second-order valence-electron chi connectivity index (χ2n) is 7.44. The van der Waals surface area contributed by atoms with Gasteiger partial charge in [0.2, 0.25) is 5.91 Å². The van der Waals surface area contributed by atoms with Gasteiger partial charge in [0.1, 0.15) is 0 Å². The molecule has 3 atom stereocenters. The minimum atomic E-state index is 0.193. The van der Waals surface area contributed by atoms with E-state index in [2.05, 4.69) is 36.4 Å².